The van der Waals surface area contributed by atoms with Crippen LogP contribution >= 0.6 is 0 Å². The van der Waals surface area contributed by atoms with Crippen LogP contribution in [0.15, 0.2) is 30.3 Å². The zero-order chi connectivity index (χ0) is 11.4. The number of hydrogen-bond donors (Lipinski definition) is 0. The van der Waals surface area contributed by atoms with Crippen molar-refractivity contribution in [1.29, 1.82) is 5.26 Å². The number of hydrogen-bond acceptors (Lipinski definition) is 2. The maximum Gasteiger partial charge on any atom is 0.0669 e. The molecule has 0 aliphatic carbocycles. The largest absolute Gasteiger partial charge is 0.295 e. The molecule has 0 bridgehead atoms. The highest BCUT2D eigenvalue weighted by Crippen LogP contribution is 2.26. The molecule has 1 heterocycles. The second kappa shape index (κ2) is 5.14. The van der Waals surface area contributed by atoms with Crippen molar-refractivity contribution >= 4 is 0 Å². The maximum absolute atomic E-state index is 8.99. The summed E-state index contributed by atoms with van der Waals surface area (Å²) in [4.78, 5) is 2.45. The highest BCUT2D eigenvalue weighted by Gasteiger charge is 2.30. The molecule has 84 valence electrons. The van der Waals surface area contributed by atoms with Crippen molar-refractivity contribution in [3.63, 3.8) is 0 Å². The number of nitriles is 1. The topological polar surface area (TPSA) is 27.0 Å². The van der Waals surface area contributed by atoms with Crippen LogP contribution in [0.4, 0.5) is 0 Å². The number of likely N-dealkylation sites (tertiary alicyclic amines) is 1. The lowest BCUT2D eigenvalue weighted by Crippen LogP contribution is -2.28. The van der Waals surface area contributed by atoms with Gasteiger partial charge in [0, 0.05) is 19.1 Å². The summed E-state index contributed by atoms with van der Waals surface area (Å²) in [6.07, 6.45) is 2.19. The number of rotatable bonds is 3. The molecule has 2 atom stereocenters. The quantitative estimate of drug-likeness (QED) is 0.773. The highest BCUT2D eigenvalue weighted by atomic mass is 15.2. The predicted molar refractivity (Wildman–Crippen MR) is 64.7 cm³/mol. The van der Waals surface area contributed by atoms with Gasteiger partial charge < -0.3 is 0 Å². The van der Waals surface area contributed by atoms with E-state index < -0.39 is 0 Å². The van der Waals surface area contributed by atoms with E-state index in [0.29, 0.717) is 6.04 Å². The molecule has 0 N–H and O–H groups in total. The van der Waals surface area contributed by atoms with Crippen LogP contribution in [0.5, 0.6) is 0 Å². The summed E-state index contributed by atoms with van der Waals surface area (Å²) >= 11 is 0. The smallest absolute Gasteiger partial charge is 0.0669 e. The Bertz CT molecular complexity index is 366. The third kappa shape index (κ3) is 2.43. The van der Waals surface area contributed by atoms with E-state index in [9.17, 15) is 0 Å². The number of benzene rings is 1. The van der Waals surface area contributed by atoms with Crippen molar-refractivity contribution in [3.8, 4) is 6.07 Å². The predicted octanol–water partition coefficient (Wildman–Crippen LogP) is 2.81. The van der Waals surface area contributed by atoms with E-state index in [2.05, 4.69) is 42.2 Å². The van der Waals surface area contributed by atoms with E-state index in [-0.39, 0.29) is 5.92 Å². The molecule has 0 saturated carbocycles. The summed E-state index contributed by atoms with van der Waals surface area (Å²) in [6, 6.07) is 13.5. The van der Waals surface area contributed by atoms with Crippen LogP contribution in [0.2, 0.25) is 0 Å². The Labute approximate surface area is 97.5 Å². The summed E-state index contributed by atoms with van der Waals surface area (Å²) < 4.78 is 0. The van der Waals surface area contributed by atoms with E-state index in [1.54, 1.807) is 0 Å². The Kier molecular flexibility index (Phi) is 3.58. The molecule has 2 rings (SSSR count). The molecule has 2 heteroatoms. The van der Waals surface area contributed by atoms with Crippen molar-refractivity contribution in [2.45, 2.75) is 32.4 Å². The molecule has 1 aliphatic heterocycles. The Balaban J connectivity index is 2.02. The van der Waals surface area contributed by atoms with Crippen LogP contribution in [0.3, 0.4) is 0 Å². The van der Waals surface area contributed by atoms with Gasteiger partial charge in [-0.2, -0.15) is 5.26 Å². The van der Waals surface area contributed by atoms with Gasteiger partial charge in [0.15, 0.2) is 0 Å². The van der Waals surface area contributed by atoms with Crippen LogP contribution in [0.1, 0.15) is 25.3 Å². The third-order valence-electron chi connectivity index (χ3n) is 3.41. The van der Waals surface area contributed by atoms with Crippen molar-refractivity contribution in [2.24, 2.45) is 5.92 Å². The van der Waals surface area contributed by atoms with Gasteiger partial charge in [0.2, 0.25) is 0 Å². The molecule has 0 spiro atoms. The molecule has 1 aromatic rings. The minimum absolute atomic E-state index is 0.230. The van der Waals surface area contributed by atoms with Crippen LogP contribution < -0.4 is 0 Å². The minimum Gasteiger partial charge on any atom is -0.295 e. The fourth-order valence-corrected chi connectivity index (χ4v) is 2.51. The Morgan fingerprint density at radius 2 is 2.12 bits per heavy atom. The highest BCUT2D eigenvalue weighted by molar-refractivity contribution is 5.15. The standard InChI is InChI=1S/C14H18N2/c1-2-14-8-13(9-15)11-16(14)10-12-6-4-3-5-7-12/h3-7,13-14H,2,8,10-11H2,1H3/t13-,14+/m0/s1. The van der Waals surface area contributed by atoms with Crippen LogP contribution in [-0.2, 0) is 6.54 Å². The van der Waals surface area contributed by atoms with Crippen LogP contribution in [0.25, 0.3) is 0 Å². The van der Waals surface area contributed by atoms with Crippen molar-refractivity contribution in [1.82, 2.24) is 4.90 Å². The van der Waals surface area contributed by atoms with Gasteiger partial charge in [-0.25, -0.2) is 0 Å². The zero-order valence-corrected chi connectivity index (χ0v) is 9.76. The summed E-state index contributed by atoms with van der Waals surface area (Å²) in [6.45, 7) is 4.13. The SMILES string of the molecule is CC[C@@H]1C[C@@H](C#N)CN1Cc1ccccc1. The lowest BCUT2D eigenvalue weighted by molar-refractivity contribution is 0.238. The molecule has 16 heavy (non-hydrogen) atoms. The Morgan fingerprint density at radius 3 is 2.75 bits per heavy atom. The molecule has 0 amide bonds. The molecule has 0 radical (unpaired) electrons. The van der Waals surface area contributed by atoms with Gasteiger partial charge >= 0.3 is 0 Å². The molecular weight excluding hydrogens is 196 g/mol. The summed E-state index contributed by atoms with van der Waals surface area (Å²) in [7, 11) is 0. The second-order valence-electron chi connectivity index (χ2n) is 4.54. The van der Waals surface area contributed by atoms with Gasteiger partial charge in [-0.3, -0.25) is 4.90 Å². The van der Waals surface area contributed by atoms with Crippen molar-refractivity contribution < 1.29 is 0 Å². The first kappa shape index (κ1) is 11.2. The molecule has 1 aliphatic rings. The van der Waals surface area contributed by atoms with E-state index in [1.165, 1.54) is 5.56 Å². The first-order valence-corrected chi connectivity index (χ1v) is 6.01. The van der Waals surface area contributed by atoms with E-state index >= 15 is 0 Å². The second-order valence-corrected chi connectivity index (χ2v) is 4.54. The van der Waals surface area contributed by atoms with Crippen molar-refractivity contribution in [3.05, 3.63) is 35.9 Å². The maximum atomic E-state index is 8.99. The monoisotopic (exact) mass is 214 g/mol. The molecule has 0 aromatic heterocycles. The fourth-order valence-electron chi connectivity index (χ4n) is 2.51. The summed E-state index contributed by atoms with van der Waals surface area (Å²) in [5, 5.41) is 8.99. The van der Waals surface area contributed by atoms with Crippen molar-refractivity contribution in [2.75, 3.05) is 6.54 Å². The first-order valence-electron chi connectivity index (χ1n) is 6.01. The molecule has 1 aromatic carbocycles. The van der Waals surface area contributed by atoms with Gasteiger partial charge in [0.1, 0.15) is 0 Å². The average Bonchev–Trinajstić information content (AvgIpc) is 2.73. The van der Waals surface area contributed by atoms with Gasteiger partial charge in [-0.15, -0.1) is 0 Å². The van der Waals surface area contributed by atoms with Gasteiger partial charge in [0.25, 0.3) is 0 Å². The minimum atomic E-state index is 0.230. The molecule has 2 nitrogen and oxygen atoms in total. The molecular formula is C14H18N2. The van der Waals surface area contributed by atoms with Gasteiger partial charge in [-0.05, 0) is 18.4 Å². The molecule has 1 saturated heterocycles. The van der Waals surface area contributed by atoms with E-state index in [4.69, 9.17) is 5.26 Å². The van der Waals surface area contributed by atoms with Gasteiger partial charge in [0.05, 0.1) is 12.0 Å². The average molecular weight is 214 g/mol. The van der Waals surface area contributed by atoms with E-state index in [0.717, 1.165) is 25.9 Å². The normalized spacial score (nSPS) is 25.5. The van der Waals surface area contributed by atoms with Crippen LogP contribution in [-0.4, -0.2) is 17.5 Å². The molecule has 1 fully saturated rings. The first-order chi connectivity index (χ1) is 7.83. The van der Waals surface area contributed by atoms with Crippen LogP contribution in [0, 0.1) is 17.2 Å². The summed E-state index contributed by atoms with van der Waals surface area (Å²) in [5.41, 5.74) is 1.35. The lowest BCUT2D eigenvalue weighted by atomic mass is 10.1. The Morgan fingerprint density at radius 1 is 1.38 bits per heavy atom. The third-order valence-corrected chi connectivity index (χ3v) is 3.41. The lowest BCUT2D eigenvalue weighted by Gasteiger charge is -2.22. The summed E-state index contributed by atoms with van der Waals surface area (Å²) in [5.74, 6) is 0.230. The number of nitrogens with zero attached hydrogens (tertiary/aromatic N) is 2. The van der Waals surface area contributed by atoms with E-state index in [1.807, 2.05) is 6.07 Å². The molecule has 0 unspecified atom stereocenters. The Hall–Kier alpha value is -1.33. The zero-order valence-electron chi connectivity index (χ0n) is 9.76. The fraction of sp³-hybridized carbons (Fsp3) is 0.500. The van der Waals surface area contributed by atoms with Gasteiger partial charge in [-0.1, -0.05) is 37.3 Å².